The zero-order valence-corrected chi connectivity index (χ0v) is 27.0. The fourth-order valence-corrected chi connectivity index (χ4v) is 9.32. The van der Waals surface area contributed by atoms with Gasteiger partial charge >= 0.3 is 0 Å². The number of pyridine rings is 1. The van der Waals surface area contributed by atoms with Gasteiger partial charge in [-0.05, 0) is 70.3 Å². The Labute approximate surface area is 269 Å². The molecule has 3 aliphatic carbocycles. The molecule has 3 aromatic rings. The molecule has 3 aromatic heterocycles. The van der Waals surface area contributed by atoms with Crippen molar-refractivity contribution in [1.82, 2.24) is 28.4 Å². The zero-order chi connectivity index (χ0) is 31.9. The van der Waals surface area contributed by atoms with E-state index in [9.17, 15) is 21.9 Å². The first-order valence-corrected chi connectivity index (χ1v) is 19.0. The van der Waals surface area contributed by atoms with Gasteiger partial charge in [0, 0.05) is 43.5 Å². The van der Waals surface area contributed by atoms with Gasteiger partial charge in [-0.1, -0.05) is 11.8 Å². The quantitative estimate of drug-likeness (QED) is 0.287. The van der Waals surface area contributed by atoms with Crippen LogP contribution in [0.5, 0.6) is 0 Å². The van der Waals surface area contributed by atoms with Gasteiger partial charge in [0.1, 0.15) is 11.6 Å². The molecule has 0 spiro atoms. The summed E-state index contributed by atoms with van der Waals surface area (Å²) >= 11 is 0. The van der Waals surface area contributed by atoms with Crippen LogP contribution < -0.4 is 10.6 Å². The van der Waals surface area contributed by atoms with Crippen molar-refractivity contribution in [2.24, 2.45) is 5.92 Å². The highest BCUT2D eigenvalue weighted by Crippen LogP contribution is 2.34. The van der Waals surface area contributed by atoms with Gasteiger partial charge in [0.05, 0.1) is 45.8 Å². The van der Waals surface area contributed by atoms with Crippen molar-refractivity contribution < 1.29 is 21.9 Å². The number of aromatic nitrogens is 5. The molecule has 0 bridgehead atoms. The molecule has 13 nitrogen and oxygen atoms in total. The molecule has 0 unspecified atom stereocenters. The Morgan fingerprint density at radius 2 is 1.57 bits per heavy atom. The van der Waals surface area contributed by atoms with E-state index in [0.717, 1.165) is 53.9 Å². The average molecular weight is 667 g/mol. The molecule has 7 rings (SSSR count). The highest BCUT2D eigenvalue weighted by Gasteiger charge is 2.41. The first-order valence-electron chi connectivity index (χ1n) is 16.0. The first kappa shape index (κ1) is 31.0. The lowest BCUT2D eigenvalue weighted by molar-refractivity contribution is 0.126. The molecular weight excluding hydrogens is 629 g/mol. The summed E-state index contributed by atoms with van der Waals surface area (Å²) in [5.41, 5.74) is 2.06. The van der Waals surface area contributed by atoms with Crippen molar-refractivity contribution in [2.75, 3.05) is 23.7 Å². The van der Waals surface area contributed by atoms with Crippen molar-refractivity contribution in [3.63, 3.8) is 0 Å². The zero-order valence-electron chi connectivity index (χ0n) is 25.4. The van der Waals surface area contributed by atoms with Gasteiger partial charge in [0.2, 0.25) is 10.0 Å². The molecule has 4 fully saturated rings. The molecule has 46 heavy (non-hydrogen) atoms. The molecule has 0 radical (unpaired) electrons. The summed E-state index contributed by atoms with van der Waals surface area (Å²) in [6.07, 6.45) is 13.3. The number of hydrogen-bond acceptors (Lipinski definition) is 11. The van der Waals surface area contributed by atoms with Crippen LogP contribution in [0, 0.1) is 17.8 Å². The Morgan fingerprint density at radius 1 is 0.848 bits per heavy atom. The van der Waals surface area contributed by atoms with Gasteiger partial charge in [-0.25, -0.2) is 36.1 Å². The van der Waals surface area contributed by atoms with Gasteiger partial charge in [-0.3, -0.25) is 0 Å². The third-order valence-electron chi connectivity index (χ3n) is 9.07. The second-order valence-corrected chi connectivity index (χ2v) is 17.0. The summed E-state index contributed by atoms with van der Waals surface area (Å²) < 4.78 is 53.0. The van der Waals surface area contributed by atoms with Gasteiger partial charge < -0.3 is 15.7 Å². The van der Waals surface area contributed by atoms with Crippen LogP contribution in [0.1, 0.15) is 69.8 Å². The molecule has 3 N–H and O–H groups in total. The van der Waals surface area contributed by atoms with E-state index in [1.807, 2.05) is 6.07 Å². The molecule has 15 heteroatoms. The maximum Gasteiger partial charge on any atom is 0.256 e. The molecule has 0 atom stereocenters. The molecule has 0 aromatic carbocycles. The largest absolute Gasteiger partial charge is 0.393 e. The van der Waals surface area contributed by atoms with E-state index >= 15 is 0 Å². The highest BCUT2D eigenvalue weighted by atomic mass is 32.2. The third-order valence-corrected chi connectivity index (χ3v) is 13.5. The number of sulfonamides is 1. The third kappa shape index (κ3) is 6.90. The minimum absolute atomic E-state index is 0.101. The summed E-state index contributed by atoms with van der Waals surface area (Å²) in [6, 6.07) is 3.78. The molecule has 244 valence electrons. The van der Waals surface area contributed by atoms with Crippen molar-refractivity contribution >= 4 is 37.4 Å². The summed E-state index contributed by atoms with van der Waals surface area (Å²) in [5.74, 6) is 8.14. The highest BCUT2D eigenvalue weighted by molar-refractivity contribution is 7.90. The van der Waals surface area contributed by atoms with Crippen molar-refractivity contribution in [1.29, 1.82) is 0 Å². The van der Waals surface area contributed by atoms with E-state index in [1.165, 1.54) is 12.4 Å². The molecular formula is C31H38N8O5S2. The fraction of sp³-hybridized carbons (Fsp3) is 0.548. The lowest BCUT2D eigenvalue weighted by Crippen LogP contribution is -2.40. The van der Waals surface area contributed by atoms with Crippen LogP contribution in [0.3, 0.4) is 0 Å². The molecule has 1 aliphatic heterocycles. The van der Waals surface area contributed by atoms with E-state index in [0.29, 0.717) is 61.8 Å². The second kappa shape index (κ2) is 12.6. The summed E-state index contributed by atoms with van der Waals surface area (Å²) in [4.78, 5) is 13.5. The summed E-state index contributed by atoms with van der Waals surface area (Å²) in [7, 11) is -6.65. The van der Waals surface area contributed by atoms with Crippen LogP contribution in [0.2, 0.25) is 0 Å². The SMILES string of the molecule is O=S(=O)(C1CC1)N1CCC(C#Cc2cnc(Nc3ccnc(-c4cnn(S(=O)(=O)C5CC5)c4)n3)cc2NC2CCC(O)CC2)CC1. The Hall–Kier alpha value is -3.58. The molecule has 4 heterocycles. The van der Waals surface area contributed by atoms with Crippen LogP contribution in [0.25, 0.3) is 11.4 Å². The lowest BCUT2D eigenvalue weighted by Gasteiger charge is -2.29. The van der Waals surface area contributed by atoms with Gasteiger partial charge in [-0.15, -0.1) is 0 Å². The topological polar surface area (TPSA) is 172 Å². The predicted molar refractivity (Wildman–Crippen MR) is 173 cm³/mol. The van der Waals surface area contributed by atoms with Gasteiger partial charge in [-0.2, -0.15) is 9.19 Å². The summed E-state index contributed by atoms with van der Waals surface area (Å²) in [5, 5.41) is 20.3. The lowest BCUT2D eigenvalue weighted by atomic mass is 9.93. The van der Waals surface area contributed by atoms with Crippen LogP contribution in [-0.2, 0) is 20.0 Å². The molecule has 4 aliphatic rings. The number of aliphatic hydroxyl groups excluding tert-OH is 1. The second-order valence-electron chi connectivity index (χ2n) is 12.7. The van der Waals surface area contributed by atoms with Crippen LogP contribution in [0.4, 0.5) is 17.3 Å². The minimum atomic E-state index is -3.49. The van der Waals surface area contributed by atoms with Crippen LogP contribution >= 0.6 is 0 Å². The number of aliphatic hydroxyl groups is 1. The van der Waals surface area contributed by atoms with E-state index < -0.39 is 20.0 Å². The number of piperidine rings is 1. The maximum atomic E-state index is 12.6. The number of nitrogens with zero attached hydrogens (tertiary/aromatic N) is 6. The predicted octanol–water partition coefficient (Wildman–Crippen LogP) is 3.09. The van der Waals surface area contributed by atoms with Gasteiger partial charge in [0.25, 0.3) is 10.0 Å². The number of nitrogens with one attached hydrogen (secondary N) is 2. The maximum absolute atomic E-state index is 12.6. The Morgan fingerprint density at radius 3 is 2.28 bits per heavy atom. The van der Waals surface area contributed by atoms with E-state index in [-0.39, 0.29) is 28.6 Å². The monoisotopic (exact) mass is 666 g/mol. The van der Waals surface area contributed by atoms with Crippen molar-refractivity contribution in [3.8, 4) is 23.2 Å². The van der Waals surface area contributed by atoms with Crippen LogP contribution in [0.15, 0.2) is 36.9 Å². The molecule has 1 saturated heterocycles. The Kier molecular flexibility index (Phi) is 8.47. The minimum Gasteiger partial charge on any atom is -0.393 e. The normalized spacial score (nSPS) is 23.0. The summed E-state index contributed by atoms with van der Waals surface area (Å²) in [6.45, 7) is 1.01. The van der Waals surface area contributed by atoms with Crippen molar-refractivity contribution in [3.05, 3.63) is 42.5 Å². The number of anilines is 3. The molecule has 3 saturated carbocycles. The van der Waals surface area contributed by atoms with Gasteiger partial charge in [0.15, 0.2) is 5.82 Å². The smallest absolute Gasteiger partial charge is 0.256 e. The number of rotatable bonds is 9. The molecule has 0 amide bonds. The first-order chi connectivity index (χ1) is 22.1. The average Bonchev–Trinajstić information content (AvgIpc) is 4.00. The Balaban J connectivity index is 1.08. The van der Waals surface area contributed by atoms with Crippen molar-refractivity contribution in [2.45, 2.75) is 86.9 Å². The number of hydrogen-bond donors (Lipinski definition) is 3. The van der Waals surface area contributed by atoms with E-state index in [2.05, 4.69) is 42.5 Å². The van der Waals surface area contributed by atoms with Crippen LogP contribution in [-0.4, -0.2) is 86.1 Å². The fourth-order valence-electron chi connectivity index (χ4n) is 5.97. The Bertz CT molecular complexity index is 1860. The van der Waals surface area contributed by atoms with E-state index in [1.54, 1.807) is 22.8 Å². The standard InChI is InChI=1S/C31H38N8O5S2/c40-25-5-3-24(4-6-25)35-28-17-30(33-18-22(28)2-1-21-12-15-38(16-13-21)45(41,42)26-7-8-26)36-29-11-14-32-31(37-29)23-19-34-39(20-23)46(43,44)27-9-10-27/h11,14,17-21,24-27,40H,3-10,12-13,15-16H2,(H2,32,33,35,36,37). The van der Waals surface area contributed by atoms with E-state index in [4.69, 9.17) is 0 Å².